The number of likely N-dealkylation sites (tertiary alicyclic amines) is 1. The second kappa shape index (κ2) is 7.93. The molecule has 0 saturated carbocycles. The maximum atomic E-state index is 6.43. The molecule has 1 saturated heterocycles. The minimum atomic E-state index is 0.176. The fourth-order valence-electron chi connectivity index (χ4n) is 3.43. The lowest BCUT2D eigenvalue weighted by Gasteiger charge is -2.33. The van der Waals surface area contributed by atoms with Crippen molar-refractivity contribution in [1.82, 2.24) is 9.80 Å². The molecule has 120 valence electrons. The fraction of sp³-hybridized carbons (Fsp3) is 0.750. The predicted molar refractivity (Wildman–Crippen MR) is 93.2 cm³/mol. The molecule has 1 aromatic rings. The molecule has 2 N–H and O–H groups in total. The van der Waals surface area contributed by atoms with Gasteiger partial charge in [-0.1, -0.05) is 32.4 Å². The number of thiophene rings is 1. The topological polar surface area (TPSA) is 32.5 Å². The molecule has 2 heterocycles. The SMILES string of the molecule is CCC(N)C(c1ccc(Cl)s1)N1CCC(N(CC)CC)C1. The standard InChI is InChI=1S/C16H28ClN3S/c1-4-13(18)16(14-7-8-15(17)21-14)20-10-9-12(11-20)19(5-2)6-3/h7-8,12-13,16H,4-6,9-11,18H2,1-3H3. The zero-order valence-corrected chi connectivity index (χ0v) is 15.0. The summed E-state index contributed by atoms with van der Waals surface area (Å²) in [7, 11) is 0. The van der Waals surface area contributed by atoms with E-state index < -0.39 is 0 Å². The van der Waals surface area contributed by atoms with Crippen molar-refractivity contribution in [2.24, 2.45) is 5.73 Å². The summed E-state index contributed by atoms with van der Waals surface area (Å²) in [4.78, 5) is 6.45. The molecule has 1 aliphatic heterocycles. The van der Waals surface area contributed by atoms with Crippen LogP contribution in [0.3, 0.4) is 0 Å². The lowest BCUT2D eigenvalue weighted by Crippen LogP contribution is -2.42. The van der Waals surface area contributed by atoms with Crippen molar-refractivity contribution in [2.45, 2.75) is 51.7 Å². The van der Waals surface area contributed by atoms with Crippen molar-refractivity contribution in [2.75, 3.05) is 26.2 Å². The first-order chi connectivity index (χ1) is 10.1. The quantitative estimate of drug-likeness (QED) is 0.829. The molecule has 5 heteroatoms. The van der Waals surface area contributed by atoms with Gasteiger partial charge in [0.05, 0.1) is 10.4 Å². The zero-order chi connectivity index (χ0) is 15.4. The normalized spacial score (nSPS) is 22.9. The van der Waals surface area contributed by atoms with Gasteiger partial charge < -0.3 is 5.73 Å². The number of rotatable bonds is 7. The fourth-order valence-corrected chi connectivity index (χ4v) is 4.70. The third-order valence-corrected chi connectivity index (χ3v) is 5.98. The molecule has 0 aliphatic carbocycles. The Morgan fingerprint density at radius 3 is 2.62 bits per heavy atom. The Hall–Kier alpha value is -0.130. The van der Waals surface area contributed by atoms with E-state index in [4.69, 9.17) is 17.3 Å². The highest BCUT2D eigenvalue weighted by atomic mass is 35.5. The average molecular weight is 330 g/mol. The van der Waals surface area contributed by atoms with Crippen LogP contribution < -0.4 is 5.73 Å². The molecule has 2 rings (SSSR count). The Balaban J connectivity index is 2.12. The molecule has 1 aromatic heterocycles. The van der Waals surface area contributed by atoms with Crippen molar-refractivity contribution in [3.63, 3.8) is 0 Å². The van der Waals surface area contributed by atoms with Gasteiger partial charge in [-0.15, -0.1) is 11.3 Å². The van der Waals surface area contributed by atoms with Gasteiger partial charge in [0.15, 0.2) is 0 Å². The Kier molecular flexibility index (Phi) is 6.51. The molecule has 1 fully saturated rings. The molecule has 3 unspecified atom stereocenters. The van der Waals surface area contributed by atoms with Gasteiger partial charge in [0.2, 0.25) is 0 Å². The molecule has 0 aromatic carbocycles. The summed E-state index contributed by atoms with van der Waals surface area (Å²) in [6.45, 7) is 11.2. The lowest BCUT2D eigenvalue weighted by molar-refractivity contribution is 0.173. The van der Waals surface area contributed by atoms with Gasteiger partial charge in [-0.2, -0.15) is 0 Å². The summed E-state index contributed by atoms with van der Waals surface area (Å²) in [6, 6.07) is 5.30. The summed E-state index contributed by atoms with van der Waals surface area (Å²) < 4.78 is 0.859. The molecule has 21 heavy (non-hydrogen) atoms. The highest BCUT2D eigenvalue weighted by molar-refractivity contribution is 7.16. The summed E-state index contributed by atoms with van der Waals surface area (Å²) in [5.41, 5.74) is 6.43. The lowest BCUT2D eigenvalue weighted by atomic mass is 10.0. The Morgan fingerprint density at radius 1 is 1.38 bits per heavy atom. The minimum Gasteiger partial charge on any atom is -0.326 e. The van der Waals surface area contributed by atoms with Gasteiger partial charge in [0.1, 0.15) is 0 Å². The first-order valence-corrected chi connectivity index (χ1v) is 9.29. The van der Waals surface area contributed by atoms with E-state index >= 15 is 0 Å². The Labute approximate surface area is 138 Å². The largest absolute Gasteiger partial charge is 0.326 e. The maximum Gasteiger partial charge on any atom is 0.0931 e. The van der Waals surface area contributed by atoms with Gasteiger partial charge in [-0.3, -0.25) is 9.80 Å². The van der Waals surface area contributed by atoms with Crippen molar-refractivity contribution < 1.29 is 0 Å². The van der Waals surface area contributed by atoms with Crippen molar-refractivity contribution >= 4 is 22.9 Å². The van der Waals surface area contributed by atoms with Crippen LogP contribution in [0.4, 0.5) is 0 Å². The van der Waals surface area contributed by atoms with Crippen LogP contribution in [0, 0.1) is 0 Å². The van der Waals surface area contributed by atoms with Crippen LogP contribution in [0.25, 0.3) is 0 Å². The van der Waals surface area contributed by atoms with Crippen LogP contribution in [0.15, 0.2) is 12.1 Å². The van der Waals surface area contributed by atoms with E-state index in [1.165, 1.54) is 11.3 Å². The summed E-state index contributed by atoms with van der Waals surface area (Å²) in [5.74, 6) is 0. The van der Waals surface area contributed by atoms with Crippen LogP contribution >= 0.6 is 22.9 Å². The number of hydrogen-bond donors (Lipinski definition) is 1. The third-order valence-electron chi connectivity index (χ3n) is 4.68. The molecule has 1 aliphatic rings. The Morgan fingerprint density at radius 2 is 2.10 bits per heavy atom. The maximum absolute atomic E-state index is 6.43. The predicted octanol–water partition coefficient (Wildman–Crippen LogP) is 3.60. The van der Waals surface area contributed by atoms with Gasteiger partial charge >= 0.3 is 0 Å². The van der Waals surface area contributed by atoms with E-state index in [1.807, 2.05) is 6.07 Å². The van der Waals surface area contributed by atoms with Crippen LogP contribution in [0.1, 0.15) is 44.5 Å². The molecule has 3 nitrogen and oxygen atoms in total. The monoisotopic (exact) mass is 329 g/mol. The molecule has 0 spiro atoms. The minimum absolute atomic E-state index is 0.176. The molecule has 0 amide bonds. The van der Waals surface area contributed by atoms with Crippen LogP contribution in [-0.2, 0) is 0 Å². The van der Waals surface area contributed by atoms with Gasteiger partial charge in [-0.05, 0) is 38.1 Å². The van der Waals surface area contributed by atoms with Gasteiger partial charge in [0.25, 0.3) is 0 Å². The summed E-state index contributed by atoms with van der Waals surface area (Å²) >= 11 is 7.81. The summed E-state index contributed by atoms with van der Waals surface area (Å²) in [5, 5.41) is 0. The highest BCUT2D eigenvalue weighted by Gasteiger charge is 2.34. The number of likely N-dealkylation sites (N-methyl/N-ethyl adjacent to an activating group) is 1. The molecular weight excluding hydrogens is 302 g/mol. The van der Waals surface area contributed by atoms with E-state index in [0.29, 0.717) is 12.1 Å². The smallest absolute Gasteiger partial charge is 0.0931 e. The molecule has 3 atom stereocenters. The second-order valence-electron chi connectivity index (χ2n) is 5.82. The first-order valence-electron chi connectivity index (χ1n) is 8.09. The second-order valence-corrected chi connectivity index (χ2v) is 7.56. The molecule has 0 bridgehead atoms. The van der Waals surface area contributed by atoms with E-state index in [1.54, 1.807) is 11.3 Å². The molecule has 0 radical (unpaired) electrons. The number of hydrogen-bond acceptors (Lipinski definition) is 4. The van der Waals surface area contributed by atoms with E-state index in [9.17, 15) is 0 Å². The third kappa shape index (κ3) is 3.99. The summed E-state index contributed by atoms with van der Waals surface area (Å²) in [6.07, 6.45) is 2.24. The van der Waals surface area contributed by atoms with Crippen molar-refractivity contribution in [3.05, 3.63) is 21.3 Å². The van der Waals surface area contributed by atoms with E-state index in [0.717, 1.165) is 36.9 Å². The number of nitrogens with two attached hydrogens (primary N) is 1. The average Bonchev–Trinajstić information content (AvgIpc) is 3.11. The first kappa shape index (κ1) is 17.2. The number of nitrogens with zero attached hydrogens (tertiary/aromatic N) is 2. The van der Waals surface area contributed by atoms with Crippen LogP contribution in [-0.4, -0.2) is 48.1 Å². The number of halogens is 1. The molecular formula is C16H28ClN3S. The van der Waals surface area contributed by atoms with Crippen LogP contribution in [0.2, 0.25) is 4.34 Å². The van der Waals surface area contributed by atoms with E-state index in [-0.39, 0.29) is 6.04 Å². The van der Waals surface area contributed by atoms with Gasteiger partial charge in [0, 0.05) is 30.1 Å². The van der Waals surface area contributed by atoms with Crippen molar-refractivity contribution in [3.8, 4) is 0 Å². The Bertz CT molecular complexity index is 433. The van der Waals surface area contributed by atoms with E-state index in [2.05, 4.69) is 36.6 Å². The van der Waals surface area contributed by atoms with Crippen LogP contribution in [0.5, 0.6) is 0 Å². The van der Waals surface area contributed by atoms with Crippen molar-refractivity contribution in [1.29, 1.82) is 0 Å². The van der Waals surface area contributed by atoms with Gasteiger partial charge in [-0.25, -0.2) is 0 Å². The zero-order valence-electron chi connectivity index (χ0n) is 13.4. The highest BCUT2D eigenvalue weighted by Crippen LogP contribution is 2.35.